The van der Waals surface area contributed by atoms with Gasteiger partial charge in [-0.15, -0.1) is 0 Å². The molecule has 1 aromatic carbocycles. The third-order valence-electron chi connectivity index (χ3n) is 2.81. The molecule has 19 heavy (non-hydrogen) atoms. The van der Waals surface area contributed by atoms with Crippen LogP contribution < -0.4 is 4.74 Å². The topological polar surface area (TPSA) is 63.7 Å². The van der Waals surface area contributed by atoms with E-state index in [-0.39, 0.29) is 23.5 Å². The van der Waals surface area contributed by atoms with Crippen LogP contribution in [0.2, 0.25) is 0 Å². The summed E-state index contributed by atoms with van der Waals surface area (Å²) >= 11 is 0. The van der Waals surface area contributed by atoms with E-state index in [2.05, 4.69) is 0 Å². The SMILES string of the molecule is CC(C)Oc1ccc(S(=O)(=O)N2CCCC2=O)cc1. The van der Waals surface area contributed by atoms with Crippen LogP contribution >= 0.6 is 0 Å². The van der Waals surface area contributed by atoms with Crippen molar-refractivity contribution in [3.63, 3.8) is 0 Å². The molecular weight excluding hydrogens is 266 g/mol. The summed E-state index contributed by atoms with van der Waals surface area (Å²) in [6, 6.07) is 6.15. The van der Waals surface area contributed by atoms with Crippen molar-refractivity contribution in [2.75, 3.05) is 6.54 Å². The van der Waals surface area contributed by atoms with Gasteiger partial charge in [0.2, 0.25) is 5.91 Å². The van der Waals surface area contributed by atoms with Gasteiger partial charge in [-0.2, -0.15) is 0 Å². The summed E-state index contributed by atoms with van der Waals surface area (Å²) in [6.07, 6.45) is 0.919. The van der Waals surface area contributed by atoms with Crippen molar-refractivity contribution in [3.8, 4) is 5.75 Å². The summed E-state index contributed by atoms with van der Waals surface area (Å²) in [6.45, 7) is 4.06. The van der Waals surface area contributed by atoms with E-state index in [4.69, 9.17) is 4.74 Å². The number of nitrogens with zero attached hydrogens (tertiary/aromatic N) is 1. The normalized spacial score (nSPS) is 16.2. The number of sulfonamides is 1. The lowest BCUT2D eigenvalue weighted by molar-refractivity contribution is -0.123. The minimum atomic E-state index is -3.70. The van der Waals surface area contributed by atoms with Crippen molar-refractivity contribution < 1.29 is 17.9 Å². The molecule has 0 N–H and O–H groups in total. The van der Waals surface area contributed by atoms with Gasteiger partial charge in [0.05, 0.1) is 11.0 Å². The van der Waals surface area contributed by atoms with E-state index < -0.39 is 10.0 Å². The molecule has 1 aliphatic rings. The molecule has 0 unspecified atom stereocenters. The summed E-state index contributed by atoms with van der Waals surface area (Å²) in [4.78, 5) is 11.7. The number of carbonyl (C=O) groups is 1. The molecule has 1 amide bonds. The van der Waals surface area contributed by atoms with E-state index in [0.717, 1.165) is 4.31 Å². The third kappa shape index (κ3) is 2.89. The predicted octanol–water partition coefficient (Wildman–Crippen LogP) is 1.78. The first-order chi connectivity index (χ1) is 8.91. The Morgan fingerprint density at radius 3 is 2.32 bits per heavy atom. The fourth-order valence-electron chi connectivity index (χ4n) is 1.97. The number of carbonyl (C=O) groups excluding carboxylic acids is 1. The van der Waals surface area contributed by atoms with E-state index >= 15 is 0 Å². The van der Waals surface area contributed by atoms with E-state index in [1.165, 1.54) is 12.1 Å². The highest BCUT2D eigenvalue weighted by Gasteiger charge is 2.32. The van der Waals surface area contributed by atoms with Crippen LogP contribution in [0, 0.1) is 0 Å². The van der Waals surface area contributed by atoms with Crippen molar-refractivity contribution in [1.82, 2.24) is 4.31 Å². The Morgan fingerprint density at radius 1 is 1.21 bits per heavy atom. The van der Waals surface area contributed by atoms with Gasteiger partial charge in [0.15, 0.2) is 0 Å². The van der Waals surface area contributed by atoms with Crippen molar-refractivity contribution in [2.45, 2.75) is 37.7 Å². The van der Waals surface area contributed by atoms with Gasteiger partial charge >= 0.3 is 0 Å². The van der Waals surface area contributed by atoms with Crippen LogP contribution in [0.25, 0.3) is 0 Å². The van der Waals surface area contributed by atoms with Crippen LogP contribution in [0.1, 0.15) is 26.7 Å². The lowest BCUT2D eigenvalue weighted by atomic mass is 10.3. The molecular formula is C13H17NO4S. The lowest BCUT2D eigenvalue weighted by Gasteiger charge is -2.16. The molecule has 0 radical (unpaired) electrons. The average Bonchev–Trinajstić information content (AvgIpc) is 2.76. The molecule has 1 saturated heterocycles. The van der Waals surface area contributed by atoms with Crippen molar-refractivity contribution >= 4 is 15.9 Å². The Morgan fingerprint density at radius 2 is 1.84 bits per heavy atom. The van der Waals surface area contributed by atoms with E-state index in [1.807, 2.05) is 13.8 Å². The molecule has 1 aliphatic heterocycles. The maximum Gasteiger partial charge on any atom is 0.266 e. The van der Waals surface area contributed by atoms with Crippen LogP contribution in [0.5, 0.6) is 5.75 Å². The number of rotatable bonds is 4. The predicted molar refractivity (Wildman–Crippen MR) is 70.3 cm³/mol. The Hall–Kier alpha value is -1.56. The zero-order chi connectivity index (χ0) is 14.0. The molecule has 1 fully saturated rings. The van der Waals surface area contributed by atoms with Crippen LogP contribution in [0.4, 0.5) is 0 Å². The minimum Gasteiger partial charge on any atom is -0.491 e. The largest absolute Gasteiger partial charge is 0.491 e. The van der Waals surface area contributed by atoms with Crippen LogP contribution in [0.15, 0.2) is 29.2 Å². The molecule has 0 aliphatic carbocycles. The van der Waals surface area contributed by atoms with Gasteiger partial charge in [-0.1, -0.05) is 0 Å². The molecule has 0 bridgehead atoms. The second-order valence-electron chi connectivity index (χ2n) is 4.71. The number of hydrogen-bond donors (Lipinski definition) is 0. The number of ether oxygens (including phenoxy) is 1. The van der Waals surface area contributed by atoms with Crippen molar-refractivity contribution in [2.24, 2.45) is 0 Å². The molecule has 2 rings (SSSR count). The average molecular weight is 283 g/mol. The van der Waals surface area contributed by atoms with Crippen LogP contribution in [-0.4, -0.2) is 31.3 Å². The summed E-state index contributed by atoms with van der Waals surface area (Å²) in [5, 5.41) is 0. The van der Waals surface area contributed by atoms with Gasteiger partial charge in [-0.25, -0.2) is 12.7 Å². The lowest BCUT2D eigenvalue weighted by Crippen LogP contribution is -2.31. The zero-order valence-electron chi connectivity index (χ0n) is 11.0. The monoisotopic (exact) mass is 283 g/mol. The maximum atomic E-state index is 12.2. The van der Waals surface area contributed by atoms with Gasteiger partial charge in [0, 0.05) is 13.0 Å². The molecule has 1 aromatic rings. The third-order valence-corrected chi connectivity index (χ3v) is 4.65. The van der Waals surface area contributed by atoms with Crippen molar-refractivity contribution in [1.29, 1.82) is 0 Å². The molecule has 5 nitrogen and oxygen atoms in total. The first-order valence-electron chi connectivity index (χ1n) is 6.23. The minimum absolute atomic E-state index is 0.0302. The van der Waals surface area contributed by atoms with Gasteiger partial charge in [-0.05, 0) is 44.5 Å². The van der Waals surface area contributed by atoms with Crippen molar-refractivity contribution in [3.05, 3.63) is 24.3 Å². The molecule has 0 saturated carbocycles. The smallest absolute Gasteiger partial charge is 0.266 e. The molecule has 0 aromatic heterocycles. The Labute approximate surface area is 113 Å². The van der Waals surface area contributed by atoms with E-state index in [9.17, 15) is 13.2 Å². The second kappa shape index (κ2) is 5.21. The quantitative estimate of drug-likeness (QED) is 0.845. The highest BCUT2D eigenvalue weighted by atomic mass is 32.2. The molecule has 1 heterocycles. The second-order valence-corrected chi connectivity index (χ2v) is 6.57. The number of amides is 1. The zero-order valence-corrected chi connectivity index (χ0v) is 11.8. The first-order valence-corrected chi connectivity index (χ1v) is 7.67. The molecule has 0 atom stereocenters. The van der Waals surface area contributed by atoms with Gasteiger partial charge < -0.3 is 4.74 Å². The summed E-state index contributed by atoms with van der Waals surface area (Å²) in [7, 11) is -3.70. The fourth-order valence-corrected chi connectivity index (χ4v) is 3.43. The number of hydrogen-bond acceptors (Lipinski definition) is 4. The Balaban J connectivity index is 2.24. The Kier molecular flexibility index (Phi) is 3.80. The highest BCUT2D eigenvalue weighted by Crippen LogP contribution is 2.23. The highest BCUT2D eigenvalue weighted by molar-refractivity contribution is 7.89. The number of benzene rings is 1. The maximum absolute atomic E-state index is 12.2. The van der Waals surface area contributed by atoms with Gasteiger partial charge in [0.1, 0.15) is 5.75 Å². The van der Waals surface area contributed by atoms with Gasteiger partial charge in [0.25, 0.3) is 10.0 Å². The van der Waals surface area contributed by atoms with Crippen LogP contribution in [-0.2, 0) is 14.8 Å². The summed E-state index contributed by atoms with van der Waals surface area (Å²) < 4.78 is 30.9. The molecule has 0 spiro atoms. The van der Waals surface area contributed by atoms with E-state index in [1.54, 1.807) is 12.1 Å². The first kappa shape index (κ1) is 13.9. The van der Waals surface area contributed by atoms with E-state index in [0.29, 0.717) is 18.6 Å². The van der Waals surface area contributed by atoms with Crippen LogP contribution in [0.3, 0.4) is 0 Å². The molecule has 104 valence electrons. The summed E-state index contributed by atoms with van der Waals surface area (Å²) in [5.74, 6) is 0.282. The standard InChI is InChI=1S/C13H17NO4S/c1-10(2)18-11-5-7-12(8-6-11)19(16,17)14-9-3-4-13(14)15/h5-8,10H,3-4,9H2,1-2H3. The Bertz CT molecular complexity index is 563. The summed E-state index contributed by atoms with van der Waals surface area (Å²) in [5.41, 5.74) is 0. The van der Waals surface area contributed by atoms with Gasteiger partial charge in [-0.3, -0.25) is 4.79 Å². The molecule has 6 heteroatoms. The fraction of sp³-hybridized carbons (Fsp3) is 0.462.